The SMILES string of the molecule is Fc1ccc(-c2ccccc2)nc1.Fc1ccc(Br)nc1.OB(O)c1ccccc1. The van der Waals surface area contributed by atoms with Crippen molar-refractivity contribution in [2.24, 2.45) is 0 Å². The van der Waals surface area contributed by atoms with Crippen LogP contribution in [-0.4, -0.2) is 27.1 Å². The predicted molar refractivity (Wildman–Crippen MR) is 118 cm³/mol. The van der Waals surface area contributed by atoms with Crippen LogP contribution in [0.25, 0.3) is 11.3 Å². The number of hydrogen-bond acceptors (Lipinski definition) is 4. The van der Waals surface area contributed by atoms with E-state index < -0.39 is 7.12 Å². The van der Waals surface area contributed by atoms with Crippen LogP contribution in [0.3, 0.4) is 0 Å². The van der Waals surface area contributed by atoms with E-state index in [1.165, 1.54) is 18.3 Å². The van der Waals surface area contributed by atoms with Crippen LogP contribution in [0.1, 0.15) is 0 Å². The highest BCUT2D eigenvalue weighted by atomic mass is 79.9. The van der Waals surface area contributed by atoms with Gasteiger partial charge in [0.2, 0.25) is 0 Å². The van der Waals surface area contributed by atoms with Crippen LogP contribution < -0.4 is 5.46 Å². The zero-order valence-corrected chi connectivity index (χ0v) is 17.3. The van der Waals surface area contributed by atoms with E-state index in [1.807, 2.05) is 36.4 Å². The molecule has 8 heteroatoms. The summed E-state index contributed by atoms with van der Waals surface area (Å²) in [6.07, 6.45) is 2.38. The number of pyridine rings is 2. The monoisotopic (exact) mass is 470 g/mol. The van der Waals surface area contributed by atoms with Gasteiger partial charge in [-0.15, -0.1) is 0 Å². The van der Waals surface area contributed by atoms with E-state index in [2.05, 4.69) is 25.9 Å². The van der Waals surface area contributed by atoms with Gasteiger partial charge in [0.1, 0.15) is 16.2 Å². The van der Waals surface area contributed by atoms with Gasteiger partial charge in [0, 0.05) is 5.56 Å². The number of nitrogens with zero attached hydrogens (tertiary/aromatic N) is 2. The molecule has 2 aromatic carbocycles. The summed E-state index contributed by atoms with van der Waals surface area (Å²) >= 11 is 3.07. The third-order valence-corrected chi connectivity index (χ3v) is 4.06. The van der Waals surface area contributed by atoms with E-state index in [1.54, 1.807) is 36.4 Å². The normalized spacial score (nSPS) is 9.50. The molecule has 152 valence electrons. The molecule has 0 amide bonds. The molecule has 0 bridgehead atoms. The molecule has 0 saturated carbocycles. The van der Waals surface area contributed by atoms with Crippen molar-refractivity contribution >= 4 is 28.5 Å². The molecule has 0 aliphatic heterocycles. The Kier molecular flexibility index (Phi) is 9.80. The molecular weight excluding hydrogens is 453 g/mol. The van der Waals surface area contributed by atoms with Crippen molar-refractivity contribution in [3.8, 4) is 11.3 Å². The second-order valence-electron chi connectivity index (χ2n) is 5.81. The van der Waals surface area contributed by atoms with E-state index in [0.717, 1.165) is 17.5 Å². The first-order valence-electron chi connectivity index (χ1n) is 8.81. The first kappa shape index (κ1) is 23.3. The lowest BCUT2D eigenvalue weighted by molar-refractivity contribution is 0.426. The zero-order valence-electron chi connectivity index (χ0n) is 15.7. The van der Waals surface area contributed by atoms with Gasteiger partial charge in [0.15, 0.2) is 0 Å². The molecule has 4 nitrogen and oxygen atoms in total. The quantitative estimate of drug-likeness (QED) is 0.339. The van der Waals surface area contributed by atoms with Crippen molar-refractivity contribution in [2.45, 2.75) is 0 Å². The lowest BCUT2D eigenvalue weighted by atomic mass is 9.81. The standard InChI is InChI=1S/C11H8FN.C6H7BO2.C5H3BrFN/c12-10-6-7-11(13-8-10)9-4-2-1-3-5-9;8-7(9)6-4-2-1-3-5-6;6-5-2-1-4(7)3-8-5/h1-8H;1-5,8-9H;1-3H. The fourth-order valence-electron chi connectivity index (χ4n) is 2.14. The maximum absolute atomic E-state index is 12.5. The van der Waals surface area contributed by atoms with Crippen molar-refractivity contribution in [2.75, 3.05) is 0 Å². The molecule has 0 radical (unpaired) electrons. The van der Waals surface area contributed by atoms with Crippen LogP contribution in [0, 0.1) is 11.6 Å². The van der Waals surface area contributed by atoms with Crippen molar-refractivity contribution in [1.82, 2.24) is 9.97 Å². The number of rotatable bonds is 2. The van der Waals surface area contributed by atoms with E-state index >= 15 is 0 Å². The maximum Gasteiger partial charge on any atom is 0.488 e. The Balaban J connectivity index is 0.000000167. The Bertz CT molecular complexity index is 970. The van der Waals surface area contributed by atoms with Gasteiger partial charge in [-0.1, -0.05) is 60.7 Å². The molecule has 2 N–H and O–H groups in total. The predicted octanol–water partition coefficient (Wildman–Crippen LogP) is 4.24. The summed E-state index contributed by atoms with van der Waals surface area (Å²) in [7, 11) is -1.34. The van der Waals surface area contributed by atoms with Crippen molar-refractivity contribution in [1.29, 1.82) is 0 Å². The van der Waals surface area contributed by atoms with Crippen LogP contribution in [0.4, 0.5) is 8.78 Å². The average Bonchev–Trinajstić information content (AvgIpc) is 2.78. The van der Waals surface area contributed by atoms with Crippen LogP contribution >= 0.6 is 15.9 Å². The van der Waals surface area contributed by atoms with E-state index in [-0.39, 0.29) is 11.6 Å². The second-order valence-corrected chi connectivity index (χ2v) is 6.62. The van der Waals surface area contributed by atoms with E-state index in [4.69, 9.17) is 10.0 Å². The highest BCUT2D eigenvalue weighted by molar-refractivity contribution is 9.10. The Labute approximate surface area is 182 Å². The fraction of sp³-hybridized carbons (Fsp3) is 0. The lowest BCUT2D eigenvalue weighted by Gasteiger charge is -1.98. The molecule has 4 rings (SSSR count). The number of halogens is 3. The largest absolute Gasteiger partial charge is 0.488 e. The molecular formula is C22H18BBrF2N2O2. The van der Waals surface area contributed by atoms with Gasteiger partial charge in [-0.05, 0) is 45.7 Å². The molecule has 0 spiro atoms. The Morgan fingerprint density at radius 2 is 1.20 bits per heavy atom. The number of benzene rings is 2. The molecule has 2 heterocycles. The molecule has 0 aliphatic rings. The summed E-state index contributed by atoms with van der Waals surface area (Å²) in [4.78, 5) is 7.59. The maximum atomic E-state index is 12.5. The Hall–Kier alpha value is -2.94. The minimum atomic E-state index is -1.34. The molecule has 0 aliphatic carbocycles. The van der Waals surface area contributed by atoms with Gasteiger partial charge in [-0.2, -0.15) is 0 Å². The van der Waals surface area contributed by atoms with Crippen LogP contribution in [0.15, 0.2) is 102 Å². The third kappa shape index (κ3) is 8.61. The Morgan fingerprint density at radius 3 is 1.60 bits per heavy atom. The Morgan fingerprint density at radius 1 is 0.667 bits per heavy atom. The molecule has 0 unspecified atom stereocenters. The zero-order chi connectivity index (χ0) is 21.8. The molecule has 30 heavy (non-hydrogen) atoms. The summed E-state index contributed by atoms with van der Waals surface area (Å²) in [6.45, 7) is 0. The minimum Gasteiger partial charge on any atom is -0.423 e. The average molecular weight is 471 g/mol. The van der Waals surface area contributed by atoms with Gasteiger partial charge < -0.3 is 10.0 Å². The van der Waals surface area contributed by atoms with E-state index in [9.17, 15) is 8.78 Å². The number of aromatic nitrogens is 2. The molecule has 4 aromatic rings. The van der Waals surface area contributed by atoms with Crippen molar-refractivity contribution < 1.29 is 18.8 Å². The minimum absolute atomic E-state index is 0.306. The van der Waals surface area contributed by atoms with Crippen molar-refractivity contribution in [3.63, 3.8) is 0 Å². The summed E-state index contributed by atoms with van der Waals surface area (Å²) in [5.41, 5.74) is 2.32. The molecule has 2 aromatic heterocycles. The van der Waals surface area contributed by atoms with Crippen LogP contribution in [0.2, 0.25) is 0 Å². The van der Waals surface area contributed by atoms with Crippen molar-refractivity contribution in [3.05, 3.63) is 114 Å². The van der Waals surface area contributed by atoms with Gasteiger partial charge in [-0.3, -0.25) is 4.98 Å². The third-order valence-electron chi connectivity index (χ3n) is 3.59. The number of hydrogen-bond donors (Lipinski definition) is 2. The molecule has 0 atom stereocenters. The van der Waals surface area contributed by atoms with Gasteiger partial charge in [0.05, 0.1) is 18.1 Å². The summed E-state index contributed by atoms with van der Waals surface area (Å²) in [5, 5.41) is 17.2. The fourth-order valence-corrected chi connectivity index (χ4v) is 2.37. The second kappa shape index (κ2) is 12.6. The highest BCUT2D eigenvalue weighted by Crippen LogP contribution is 2.15. The van der Waals surface area contributed by atoms with Gasteiger partial charge >= 0.3 is 7.12 Å². The summed E-state index contributed by atoms with van der Waals surface area (Å²) in [6, 6.07) is 24.3. The van der Waals surface area contributed by atoms with Crippen LogP contribution in [-0.2, 0) is 0 Å². The highest BCUT2D eigenvalue weighted by Gasteiger charge is 2.07. The van der Waals surface area contributed by atoms with Crippen LogP contribution in [0.5, 0.6) is 0 Å². The molecule has 0 fully saturated rings. The summed E-state index contributed by atoms with van der Waals surface area (Å²) in [5.74, 6) is -0.618. The topological polar surface area (TPSA) is 66.2 Å². The first-order chi connectivity index (χ1) is 14.5. The lowest BCUT2D eigenvalue weighted by Crippen LogP contribution is -2.29. The smallest absolute Gasteiger partial charge is 0.423 e. The van der Waals surface area contributed by atoms with Gasteiger partial charge in [-0.25, -0.2) is 13.8 Å². The van der Waals surface area contributed by atoms with E-state index in [0.29, 0.717) is 10.1 Å². The summed E-state index contributed by atoms with van der Waals surface area (Å²) < 4.78 is 25.2. The molecule has 0 saturated heterocycles. The van der Waals surface area contributed by atoms with Gasteiger partial charge in [0.25, 0.3) is 0 Å². The first-order valence-corrected chi connectivity index (χ1v) is 9.60.